The summed E-state index contributed by atoms with van der Waals surface area (Å²) < 4.78 is 28.9. The molecule has 1 fully saturated rings. The number of halogens is 2. The minimum atomic E-state index is -0.915. The Labute approximate surface area is 259 Å². The number of amides is 2. The van der Waals surface area contributed by atoms with Gasteiger partial charge in [0.05, 0.1) is 16.6 Å². The van der Waals surface area contributed by atoms with E-state index in [2.05, 4.69) is 15.6 Å². The largest absolute Gasteiger partial charge is 0.504 e. The quantitative estimate of drug-likeness (QED) is 0.228. The third kappa shape index (κ3) is 4.78. The number of aromatic hydroxyl groups is 1. The number of nitrogens with one attached hydrogen (secondary N) is 2. The number of carbonyl (C=O) groups excluding carboxylic acids is 2. The predicted octanol–water partition coefficient (Wildman–Crippen LogP) is 1.97. The summed E-state index contributed by atoms with van der Waals surface area (Å²) in [6.45, 7) is 3.88. The van der Waals surface area contributed by atoms with Crippen LogP contribution in [0.15, 0.2) is 23.1 Å². The van der Waals surface area contributed by atoms with Crippen molar-refractivity contribution in [2.45, 2.75) is 38.9 Å². The second-order valence-corrected chi connectivity index (χ2v) is 11.5. The molecule has 45 heavy (non-hydrogen) atoms. The van der Waals surface area contributed by atoms with Gasteiger partial charge in [-0.25, -0.2) is 9.97 Å². The number of nitrogens with two attached hydrogens (primary N) is 1. The lowest BCUT2D eigenvalue weighted by atomic mass is 10.00. The maximum Gasteiger partial charge on any atom is 0.263 e. The highest BCUT2D eigenvalue weighted by Gasteiger charge is 2.31. The van der Waals surface area contributed by atoms with Gasteiger partial charge in [0.25, 0.3) is 11.5 Å². The molecule has 14 nitrogen and oxygen atoms in total. The van der Waals surface area contributed by atoms with E-state index >= 15 is 0 Å². The van der Waals surface area contributed by atoms with Gasteiger partial charge in [-0.05, 0) is 19.4 Å². The maximum atomic E-state index is 14.8. The molecule has 0 spiro atoms. The zero-order valence-corrected chi connectivity index (χ0v) is 24.8. The molecule has 3 aliphatic heterocycles. The molecule has 6 heterocycles. The Morgan fingerprint density at radius 1 is 1.22 bits per heavy atom. The first-order chi connectivity index (χ1) is 21.6. The van der Waals surface area contributed by atoms with Crippen molar-refractivity contribution in [1.82, 2.24) is 24.4 Å². The summed E-state index contributed by atoms with van der Waals surface area (Å²) in [6, 6.07) is 2.89. The van der Waals surface area contributed by atoms with E-state index in [1.54, 1.807) is 4.57 Å². The van der Waals surface area contributed by atoms with Crippen molar-refractivity contribution in [1.29, 1.82) is 0 Å². The van der Waals surface area contributed by atoms with E-state index in [0.29, 0.717) is 49.8 Å². The van der Waals surface area contributed by atoms with Crippen LogP contribution in [0.25, 0.3) is 22.2 Å². The van der Waals surface area contributed by atoms with Crippen molar-refractivity contribution in [3.8, 4) is 28.4 Å². The van der Waals surface area contributed by atoms with Gasteiger partial charge in [0, 0.05) is 62.0 Å². The minimum Gasteiger partial charge on any atom is -0.504 e. The highest BCUT2D eigenvalue weighted by Crippen LogP contribution is 2.50. The third-order valence-electron chi connectivity index (χ3n) is 8.30. The number of fused-ring (bicyclic) bond motifs is 3. The third-order valence-corrected chi connectivity index (χ3v) is 8.66. The summed E-state index contributed by atoms with van der Waals surface area (Å²) >= 11 is 6.23. The first kappa shape index (κ1) is 28.9. The Hall–Kier alpha value is -4.89. The average molecular weight is 639 g/mol. The number of nitrogens with zero attached hydrogens (tertiary/aromatic N) is 5. The predicted molar refractivity (Wildman–Crippen MR) is 162 cm³/mol. The molecule has 0 bridgehead atoms. The number of ether oxygens (including phenoxy) is 2. The van der Waals surface area contributed by atoms with Gasteiger partial charge in [-0.2, -0.15) is 4.39 Å². The Balaban J connectivity index is 1.30. The Morgan fingerprint density at radius 3 is 2.80 bits per heavy atom. The van der Waals surface area contributed by atoms with Crippen molar-refractivity contribution < 1.29 is 28.6 Å². The summed E-state index contributed by atoms with van der Waals surface area (Å²) in [4.78, 5) is 50.1. The van der Waals surface area contributed by atoms with Gasteiger partial charge in [-0.1, -0.05) is 11.6 Å². The molecule has 7 rings (SSSR count). The standard InChI is InChI=1S/C29H28ClFN8O6/c1-13-9-33-4-6-38(13)19-8-17(22(30)26(31)35-19)34-20(40)11-37-10-16(21-28(37)36-18-3-2-5-39(18)29(21)43)14-7-15(27(32)42)23(41)25-24(14)44-12-45-25/h7-8,10,13,33,41H,2-6,9,11-12H2,1H3,(H2,32,42)(H,34,35,40)/t13-/m0/s1. The second-order valence-electron chi connectivity index (χ2n) is 11.1. The fourth-order valence-corrected chi connectivity index (χ4v) is 6.29. The van der Waals surface area contributed by atoms with Gasteiger partial charge >= 0.3 is 0 Å². The summed E-state index contributed by atoms with van der Waals surface area (Å²) in [6.07, 6.45) is 2.84. The van der Waals surface area contributed by atoms with Crippen LogP contribution < -0.4 is 36.3 Å². The number of benzene rings is 1. The number of pyridine rings is 1. The van der Waals surface area contributed by atoms with Crippen LogP contribution in [0.1, 0.15) is 29.5 Å². The molecular weight excluding hydrogens is 611 g/mol. The van der Waals surface area contributed by atoms with E-state index in [1.165, 1.54) is 22.9 Å². The van der Waals surface area contributed by atoms with Crippen molar-refractivity contribution >= 4 is 46.0 Å². The summed E-state index contributed by atoms with van der Waals surface area (Å²) in [7, 11) is 0. The van der Waals surface area contributed by atoms with Crippen molar-refractivity contribution in [2.24, 2.45) is 5.73 Å². The minimum absolute atomic E-state index is 0.0396. The number of piperazine rings is 1. The molecule has 0 unspecified atom stereocenters. The number of hydrogen-bond acceptors (Lipinski definition) is 10. The van der Waals surface area contributed by atoms with E-state index < -0.39 is 23.5 Å². The number of anilines is 2. The number of primary amides is 1. The lowest BCUT2D eigenvalue weighted by Crippen LogP contribution is -2.50. The van der Waals surface area contributed by atoms with Crippen LogP contribution in [0.2, 0.25) is 5.02 Å². The van der Waals surface area contributed by atoms with Gasteiger partial charge in [0.15, 0.2) is 11.5 Å². The first-order valence-corrected chi connectivity index (χ1v) is 14.7. The van der Waals surface area contributed by atoms with Crippen LogP contribution in [-0.2, 0) is 24.3 Å². The van der Waals surface area contributed by atoms with Crippen LogP contribution in [0.4, 0.5) is 15.9 Å². The van der Waals surface area contributed by atoms with E-state index in [4.69, 9.17) is 31.8 Å². The Morgan fingerprint density at radius 2 is 2.02 bits per heavy atom. The highest BCUT2D eigenvalue weighted by molar-refractivity contribution is 6.33. The smallest absolute Gasteiger partial charge is 0.263 e. The highest BCUT2D eigenvalue weighted by atomic mass is 35.5. The fourth-order valence-electron chi connectivity index (χ4n) is 6.15. The molecule has 234 valence electrons. The molecule has 0 aliphatic carbocycles. The van der Waals surface area contributed by atoms with E-state index in [9.17, 15) is 23.9 Å². The molecule has 3 aliphatic rings. The molecule has 2 amide bonds. The van der Waals surface area contributed by atoms with E-state index in [-0.39, 0.29) is 69.3 Å². The van der Waals surface area contributed by atoms with E-state index in [0.717, 1.165) is 6.42 Å². The van der Waals surface area contributed by atoms with Crippen LogP contribution in [-0.4, -0.2) is 68.5 Å². The fraction of sp³-hybridized carbons (Fsp3) is 0.345. The number of phenols is 1. The van der Waals surface area contributed by atoms with Crippen molar-refractivity contribution in [3.63, 3.8) is 0 Å². The van der Waals surface area contributed by atoms with Gasteiger partial charge in [0.1, 0.15) is 28.9 Å². The zero-order valence-electron chi connectivity index (χ0n) is 24.0. The molecule has 1 aromatic carbocycles. The molecule has 5 N–H and O–H groups in total. The normalized spacial score (nSPS) is 17.1. The molecule has 1 atom stereocenters. The topological polar surface area (TPSA) is 179 Å². The van der Waals surface area contributed by atoms with Crippen LogP contribution in [0.3, 0.4) is 0 Å². The molecular formula is C29H28ClFN8O6. The SMILES string of the molecule is C[C@H]1CNCCN1c1cc(NC(=O)Cn2cc(-c3cc(C(N)=O)c(O)c4c3OCO4)c3c(=O)n4c(nc32)CCC4)c(Cl)c(F)n1. The lowest BCUT2D eigenvalue weighted by Gasteiger charge is -2.35. The average Bonchev–Trinajstić information content (AvgIpc) is 3.76. The molecule has 0 saturated carbocycles. The van der Waals surface area contributed by atoms with Crippen LogP contribution in [0, 0.1) is 5.95 Å². The molecule has 3 aromatic heterocycles. The number of aromatic nitrogens is 4. The van der Waals surface area contributed by atoms with Crippen molar-refractivity contribution in [3.05, 3.63) is 51.0 Å². The van der Waals surface area contributed by atoms with E-state index in [1.807, 2.05) is 11.8 Å². The Kier molecular flexibility index (Phi) is 7.00. The number of carbonyl (C=O) groups is 2. The zero-order chi connectivity index (χ0) is 31.6. The number of rotatable bonds is 6. The lowest BCUT2D eigenvalue weighted by molar-refractivity contribution is -0.116. The van der Waals surface area contributed by atoms with Gasteiger partial charge in [-0.15, -0.1) is 0 Å². The summed E-state index contributed by atoms with van der Waals surface area (Å²) in [5.41, 5.74) is 5.78. The molecule has 1 saturated heterocycles. The summed E-state index contributed by atoms with van der Waals surface area (Å²) in [5.74, 6) is -1.94. The van der Waals surface area contributed by atoms with Gasteiger partial charge in [-0.3, -0.25) is 19.0 Å². The Bertz CT molecular complexity index is 1980. The monoisotopic (exact) mass is 638 g/mol. The van der Waals surface area contributed by atoms with Crippen LogP contribution in [0.5, 0.6) is 17.2 Å². The van der Waals surface area contributed by atoms with Gasteiger partial charge < -0.3 is 40.4 Å². The summed E-state index contributed by atoms with van der Waals surface area (Å²) in [5, 5.41) is 16.4. The number of hydrogen-bond donors (Lipinski definition) is 4. The van der Waals surface area contributed by atoms with Gasteiger partial charge in [0.2, 0.25) is 24.4 Å². The number of aryl methyl sites for hydroxylation is 1. The first-order valence-electron chi connectivity index (χ1n) is 14.3. The van der Waals surface area contributed by atoms with Crippen molar-refractivity contribution in [2.75, 3.05) is 36.6 Å². The molecule has 0 radical (unpaired) electrons. The maximum absolute atomic E-state index is 14.8. The molecule has 4 aromatic rings. The molecule has 16 heteroatoms. The van der Waals surface area contributed by atoms with Crippen LogP contribution >= 0.6 is 11.6 Å². The second kappa shape index (κ2) is 10.9.